The minimum Gasteiger partial charge on any atom is -0.493 e. The Morgan fingerprint density at radius 1 is 0.943 bits per heavy atom. The van der Waals surface area contributed by atoms with Crippen LogP contribution in [0.3, 0.4) is 0 Å². The first-order valence-electron chi connectivity index (χ1n) is 11.3. The van der Waals surface area contributed by atoms with Crippen LogP contribution < -0.4 is 24.4 Å². The average Bonchev–Trinajstić information content (AvgIpc) is 2.87. The van der Waals surface area contributed by atoms with Crippen molar-refractivity contribution in [1.29, 1.82) is 0 Å². The van der Waals surface area contributed by atoms with Crippen LogP contribution in [0.4, 0.5) is 4.39 Å². The van der Waals surface area contributed by atoms with Gasteiger partial charge in [0.1, 0.15) is 12.4 Å². The van der Waals surface area contributed by atoms with Crippen molar-refractivity contribution in [1.82, 2.24) is 5.43 Å². The minimum absolute atomic E-state index is 0.0714. The highest BCUT2D eigenvalue weighted by molar-refractivity contribution is 5.95. The van der Waals surface area contributed by atoms with E-state index in [1.165, 1.54) is 19.4 Å². The third kappa shape index (κ3) is 7.20. The zero-order valence-corrected chi connectivity index (χ0v) is 20.0. The number of methoxy groups -OCH3 is 1. The summed E-state index contributed by atoms with van der Waals surface area (Å²) >= 11 is 0. The van der Waals surface area contributed by atoms with Crippen LogP contribution in [0.25, 0.3) is 0 Å². The first-order chi connectivity index (χ1) is 17.0. The first-order valence-corrected chi connectivity index (χ1v) is 11.3. The van der Waals surface area contributed by atoms with Crippen molar-refractivity contribution in [3.05, 3.63) is 83.2 Å². The molecule has 0 unspecified atom stereocenters. The highest BCUT2D eigenvalue weighted by Gasteiger charge is 2.11. The fourth-order valence-corrected chi connectivity index (χ4v) is 3.13. The quantitative estimate of drug-likeness (QED) is 0.279. The summed E-state index contributed by atoms with van der Waals surface area (Å²) in [5, 5.41) is 4.04. The SMILES string of the molecule is CCCOc1ccc(C(=O)N/N=C/c2ccc(OCc3ccccc3F)c(OCC)c2)cc1OC. The second-order valence-electron chi connectivity index (χ2n) is 7.43. The number of hydrogen-bond donors (Lipinski definition) is 1. The number of amides is 1. The Hall–Kier alpha value is -4.07. The molecule has 0 saturated carbocycles. The lowest BCUT2D eigenvalue weighted by molar-refractivity contribution is 0.0954. The molecule has 3 rings (SSSR count). The summed E-state index contributed by atoms with van der Waals surface area (Å²) in [6, 6.07) is 16.6. The number of hydrogen-bond acceptors (Lipinski definition) is 6. The van der Waals surface area contributed by atoms with Gasteiger partial charge in [0.2, 0.25) is 0 Å². The molecule has 3 aromatic rings. The van der Waals surface area contributed by atoms with Crippen LogP contribution in [0, 0.1) is 5.82 Å². The van der Waals surface area contributed by atoms with Gasteiger partial charge in [-0.25, -0.2) is 9.82 Å². The summed E-state index contributed by atoms with van der Waals surface area (Å²) in [6.07, 6.45) is 2.36. The van der Waals surface area contributed by atoms with Crippen molar-refractivity contribution in [2.45, 2.75) is 26.9 Å². The van der Waals surface area contributed by atoms with Gasteiger partial charge in [-0.05, 0) is 61.4 Å². The fraction of sp³-hybridized carbons (Fsp3) is 0.259. The van der Waals surface area contributed by atoms with Crippen molar-refractivity contribution in [2.24, 2.45) is 5.10 Å². The zero-order valence-electron chi connectivity index (χ0n) is 20.0. The summed E-state index contributed by atoms with van der Waals surface area (Å²) in [5.74, 6) is 1.31. The predicted octanol–water partition coefficient (Wildman–Crippen LogP) is 5.36. The lowest BCUT2D eigenvalue weighted by Crippen LogP contribution is -2.17. The number of halogens is 1. The Bertz CT molecular complexity index is 1170. The molecule has 0 aliphatic heterocycles. The number of hydrazone groups is 1. The fourth-order valence-electron chi connectivity index (χ4n) is 3.13. The standard InChI is InChI=1S/C27H29FN2O5/c1-4-14-34-23-13-11-20(16-25(23)32-3)27(31)30-29-17-19-10-12-24(26(15-19)33-5-2)35-18-21-8-6-7-9-22(21)28/h6-13,15-17H,4-5,14,18H2,1-3H3,(H,30,31)/b29-17+. The van der Waals surface area contributed by atoms with Crippen LogP contribution in [-0.4, -0.2) is 32.4 Å². The van der Waals surface area contributed by atoms with Crippen LogP contribution in [0.15, 0.2) is 65.8 Å². The van der Waals surface area contributed by atoms with Crippen LogP contribution >= 0.6 is 0 Å². The number of ether oxygens (including phenoxy) is 4. The van der Waals surface area contributed by atoms with E-state index >= 15 is 0 Å². The van der Waals surface area contributed by atoms with E-state index in [0.29, 0.717) is 52.9 Å². The van der Waals surface area contributed by atoms with Crippen LogP contribution in [0.1, 0.15) is 41.8 Å². The van der Waals surface area contributed by atoms with Gasteiger partial charge in [0.15, 0.2) is 23.0 Å². The van der Waals surface area contributed by atoms with Gasteiger partial charge >= 0.3 is 0 Å². The van der Waals surface area contributed by atoms with Crippen molar-refractivity contribution in [3.63, 3.8) is 0 Å². The molecule has 0 spiro atoms. The molecule has 0 heterocycles. The van der Waals surface area contributed by atoms with E-state index in [1.807, 2.05) is 13.8 Å². The van der Waals surface area contributed by atoms with Crippen molar-refractivity contribution >= 4 is 12.1 Å². The Balaban J connectivity index is 1.65. The molecule has 0 saturated heterocycles. The molecule has 3 aromatic carbocycles. The van der Waals surface area contributed by atoms with E-state index in [9.17, 15) is 9.18 Å². The van der Waals surface area contributed by atoms with Crippen LogP contribution in [0.5, 0.6) is 23.0 Å². The van der Waals surface area contributed by atoms with Crippen molar-refractivity contribution in [2.75, 3.05) is 20.3 Å². The number of nitrogens with one attached hydrogen (secondary N) is 1. The Morgan fingerprint density at radius 3 is 2.46 bits per heavy atom. The average molecular weight is 481 g/mol. The summed E-state index contributed by atoms with van der Waals surface area (Å²) in [4.78, 5) is 12.5. The van der Waals surface area contributed by atoms with Gasteiger partial charge in [0.05, 0.1) is 26.5 Å². The number of carbonyl (C=O) groups excluding carboxylic acids is 1. The molecule has 0 aromatic heterocycles. The summed E-state index contributed by atoms with van der Waals surface area (Å²) in [5.41, 5.74) is 4.02. The van der Waals surface area contributed by atoms with E-state index in [4.69, 9.17) is 18.9 Å². The van der Waals surface area contributed by atoms with Crippen LogP contribution in [0.2, 0.25) is 0 Å². The Kier molecular flexibility index (Phi) is 9.48. The summed E-state index contributed by atoms with van der Waals surface area (Å²) in [6.45, 7) is 4.92. The molecular formula is C27H29FN2O5. The lowest BCUT2D eigenvalue weighted by Gasteiger charge is -2.13. The van der Waals surface area contributed by atoms with Gasteiger partial charge in [0.25, 0.3) is 5.91 Å². The Morgan fingerprint density at radius 2 is 1.71 bits per heavy atom. The maximum atomic E-state index is 13.9. The molecule has 8 heteroatoms. The highest BCUT2D eigenvalue weighted by Crippen LogP contribution is 2.30. The number of benzene rings is 3. The third-order valence-electron chi connectivity index (χ3n) is 4.88. The first kappa shape index (κ1) is 25.6. The molecule has 0 aliphatic carbocycles. The topological polar surface area (TPSA) is 78.4 Å². The van der Waals surface area contributed by atoms with Crippen molar-refractivity contribution in [3.8, 4) is 23.0 Å². The molecule has 1 N–H and O–H groups in total. The molecule has 35 heavy (non-hydrogen) atoms. The monoisotopic (exact) mass is 480 g/mol. The molecule has 1 amide bonds. The molecule has 0 bridgehead atoms. The normalized spacial score (nSPS) is 10.7. The third-order valence-corrected chi connectivity index (χ3v) is 4.88. The predicted molar refractivity (Wildman–Crippen MR) is 132 cm³/mol. The van der Waals surface area contributed by atoms with E-state index in [0.717, 1.165) is 6.42 Å². The van der Waals surface area contributed by atoms with E-state index in [2.05, 4.69) is 10.5 Å². The molecular weight excluding hydrogens is 451 g/mol. The maximum absolute atomic E-state index is 13.9. The second kappa shape index (κ2) is 13.0. The summed E-state index contributed by atoms with van der Waals surface area (Å²) < 4.78 is 36.2. The van der Waals surface area contributed by atoms with Crippen molar-refractivity contribution < 1.29 is 28.1 Å². The highest BCUT2D eigenvalue weighted by atomic mass is 19.1. The molecule has 0 atom stereocenters. The van der Waals surface area contributed by atoms with Crippen LogP contribution in [-0.2, 0) is 6.61 Å². The number of rotatable bonds is 12. The van der Waals surface area contributed by atoms with Gasteiger partial charge < -0.3 is 18.9 Å². The lowest BCUT2D eigenvalue weighted by atomic mass is 10.2. The zero-order chi connectivity index (χ0) is 25.0. The van der Waals surface area contributed by atoms with Gasteiger partial charge in [0, 0.05) is 11.1 Å². The van der Waals surface area contributed by atoms with Gasteiger partial charge in [-0.3, -0.25) is 4.79 Å². The minimum atomic E-state index is -0.392. The van der Waals surface area contributed by atoms with Gasteiger partial charge in [-0.1, -0.05) is 25.1 Å². The second-order valence-corrected chi connectivity index (χ2v) is 7.43. The smallest absolute Gasteiger partial charge is 0.271 e. The Labute approximate surface area is 204 Å². The molecule has 7 nitrogen and oxygen atoms in total. The largest absolute Gasteiger partial charge is 0.493 e. The molecule has 0 radical (unpaired) electrons. The maximum Gasteiger partial charge on any atom is 0.271 e. The molecule has 0 aliphatic rings. The molecule has 0 fully saturated rings. The number of nitrogens with zero attached hydrogens (tertiary/aromatic N) is 1. The van der Waals surface area contributed by atoms with E-state index in [1.54, 1.807) is 54.6 Å². The van der Waals surface area contributed by atoms with E-state index < -0.39 is 5.91 Å². The van der Waals surface area contributed by atoms with E-state index in [-0.39, 0.29) is 12.4 Å². The molecule has 184 valence electrons. The van der Waals surface area contributed by atoms with Gasteiger partial charge in [-0.2, -0.15) is 5.10 Å². The van der Waals surface area contributed by atoms with Gasteiger partial charge in [-0.15, -0.1) is 0 Å². The summed E-state index contributed by atoms with van der Waals surface area (Å²) in [7, 11) is 1.52. The number of carbonyl (C=O) groups is 1.